The van der Waals surface area contributed by atoms with Crippen LogP contribution < -0.4 is 10.6 Å². The first-order chi connectivity index (χ1) is 13.9. The third kappa shape index (κ3) is 5.18. The first-order valence-corrected chi connectivity index (χ1v) is 10.7. The van der Waals surface area contributed by atoms with E-state index in [2.05, 4.69) is 10.6 Å². The number of sulfonamides is 1. The van der Waals surface area contributed by atoms with Crippen molar-refractivity contribution in [3.8, 4) is 0 Å². The van der Waals surface area contributed by atoms with Crippen molar-refractivity contribution in [2.24, 2.45) is 0 Å². The fourth-order valence-electron chi connectivity index (χ4n) is 3.07. The summed E-state index contributed by atoms with van der Waals surface area (Å²) >= 11 is 0. The molecule has 9 heteroatoms. The van der Waals surface area contributed by atoms with Crippen LogP contribution >= 0.6 is 0 Å². The SMILES string of the molecule is O=C(CNC(=O)c1ccccc1F)Nc1ccc(S(=O)(=O)N2CCCCC2)cc1. The Morgan fingerprint density at radius 1 is 0.966 bits per heavy atom. The van der Waals surface area contributed by atoms with E-state index in [1.807, 2.05) is 0 Å². The number of anilines is 1. The Balaban J connectivity index is 1.56. The second-order valence-corrected chi connectivity index (χ2v) is 8.64. The van der Waals surface area contributed by atoms with Gasteiger partial charge in [0.2, 0.25) is 15.9 Å². The molecule has 1 saturated heterocycles. The van der Waals surface area contributed by atoms with E-state index in [0.29, 0.717) is 18.8 Å². The van der Waals surface area contributed by atoms with Crippen molar-refractivity contribution in [2.75, 3.05) is 25.0 Å². The highest BCUT2D eigenvalue weighted by atomic mass is 32.2. The maximum atomic E-state index is 13.6. The minimum atomic E-state index is -3.54. The quantitative estimate of drug-likeness (QED) is 0.751. The van der Waals surface area contributed by atoms with Gasteiger partial charge in [0.05, 0.1) is 17.0 Å². The number of hydrogen-bond acceptors (Lipinski definition) is 4. The van der Waals surface area contributed by atoms with Gasteiger partial charge in [-0.2, -0.15) is 4.31 Å². The smallest absolute Gasteiger partial charge is 0.254 e. The van der Waals surface area contributed by atoms with E-state index in [-0.39, 0.29) is 17.0 Å². The van der Waals surface area contributed by atoms with Crippen LogP contribution in [0.2, 0.25) is 0 Å². The van der Waals surface area contributed by atoms with Crippen LogP contribution in [0.15, 0.2) is 53.4 Å². The molecule has 1 aliphatic heterocycles. The molecular formula is C20H22FN3O4S. The largest absolute Gasteiger partial charge is 0.343 e. The average Bonchev–Trinajstić information content (AvgIpc) is 2.73. The number of amides is 2. The predicted molar refractivity (Wildman–Crippen MR) is 106 cm³/mol. The van der Waals surface area contributed by atoms with Crippen molar-refractivity contribution in [3.05, 3.63) is 59.9 Å². The zero-order chi connectivity index (χ0) is 20.9. The first kappa shape index (κ1) is 20.9. The molecule has 0 radical (unpaired) electrons. The number of benzene rings is 2. The molecule has 1 fully saturated rings. The van der Waals surface area contributed by atoms with E-state index in [1.54, 1.807) is 0 Å². The predicted octanol–water partition coefficient (Wildman–Crippen LogP) is 2.37. The first-order valence-electron chi connectivity index (χ1n) is 9.31. The minimum absolute atomic E-state index is 0.146. The number of hydrogen-bond donors (Lipinski definition) is 2. The molecule has 1 aliphatic rings. The Hall–Kier alpha value is -2.78. The van der Waals surface area contributed by atoms with Gasteiger partial charge in [0.25, 0.3) is 5.91 Å². The molecule has 0 spiro atoms. The number of piperidine rings is 1. The summed E-state index contributed by atoms with van der Waals surface area (Å²) in [7, 11) is -3.54. The fraction of sp³-hybridized carbons (Fsp3) is 0.300. The van der Waals surface area contributed by atoms with Gasteiger partial charge in [0, 0.05) is 18.8 Å². The Kier molecular flexibility index (Phi) is 6.60. The highest BCUT2D eigenvalue weighted by molar-refractivity contribution is 7.89. The molecule has 0 bridgehead atoms. The second kappa shape index (κ2) is 9.15. The summed E-state index contributed by atoms with van der Waals surface area (Å²) in [5, 5.41) is 4.91. The number of nitrogens with one attached hydrogen (secondary N) is 2. The Morgan fingerprint density at radius 3 is 2.28 bits per heavy atom. The number of rotatable bonds is 6. The van der Waals surface area contributed by atoms with Crippen LogP contribution in [0.4, 0.5) is 10.1 Å². The van der Waals surface area contributed by atoms with Crippen LogP contribution in [-0.2, 0) is 14.8 Å². The highest BCUT2D eigenvalue weighted by Gasteiger charge is 2.25. The summed E-state index contributed by atoms with van der Waals surface area (Å²) in [5.74, 6) is -1.88. The molecule has 1 heterocycles. The van der Waals surface area contributed by atoms with Crippen LogP contribution in [0.1, 0.15) is 29.6 Å². The van der Waals surface area contributed by atoms with Crippen molar-refractivity contribution in [1.29, 1.82) is 0 Å². The Bertz CT molecular complexity index is 987. The summed E-state index contributed by atoms with van der Waals surface area (Å²) in [4.78, 5) is 24.1. The molecule has 29 heavy (non-hydrogen) atoms. The van der Waals surface area contributed by atoms with Crippen molar-refractivity contribution >= 4 is 27.5 Å². The van der Waals surface area contributed by atoms with E-state index in [0.717, 1.165) is 25.3 Å². The number of nitrogens with zero attached hydrogens (tertiary/aromatic N) is 1. The normalized spacial score (nSPS) is 14.9. The van der Waals surface area contributed by atoms with E-state index < -0.39 is 27.7 Å². The Morgan fingerprint density at radius 2 is 1.62 bits per heavy atom. The molecular weight excluding hydrogens is 397 g/mol. The van der Waals surface area contributed by atoms with E-state index in [9.17, 15) is 22.4 Å². The van der Waals surface area contributed by atoms with Crippen molar-refractivity contribution < 1.29 is 22.4 Å². The summed E-state index contributed by atoms with van der Waals surface area (Å²) in [6.07, 6.45) is 2.74. The lowest BCUT2D eigenvalue weighted by atomic mass is 10.2. The van der Waals surface area contributed by atoms with Gasteiger partial charge in [-0.25, -0.2) is 12.8 Å². The molecule has 3 rings (SSSR count). The molecule has 2 aromatic rings. The van der Waals surface area contributed by atoms with Gasteiger partial charge in [-0.15, -0.1) is 0 Å². The zero-order valence-electron chi connectivity index (χ0n) is 15.7. The third-order valence-corrected chi connectivity index (χ3v) is 6.53. The van der Waals surface area contributed by atoms with Gasteiger partial charge < -0.3 is 10.6 Å². The Labute approximate surface area is 169 Å². The van der Waals surface area contributed by atoms with Gasteiger partial charge >= 0.3 is 0 Å². The lowest BCUT2D eigenvalue weighted by molar-refractivity contribution is -0.115. The van der Waals surface area contributed by atoms with Crippen LogP contribution in [-0.4, -0.2) is 44.2 Å². The van der Waals surface area contributed by atoms with Crippen molar-refractivity contribution in [1.82, 2.24) is 9.62 Å². The van der Waals surface area contributed by atoms with Gasteiger partial charge in [-0.3, -0.25) is 9.59 Å². The lowest BCUT2D eigenvalue weighted by Crippen LogP contribution is -2.35. The maximum Gasteiger partial charge on any atom is 0.254 e. The topological polar surface area (TPSA) is 95.6 Å². The number of carbonyl (C=O) groups is 2. The molecule has 0 aliphatic carbocycles. The molecule has 2 aromatic carbocycles. The number of carbonyl (C=O) groups excluding carboxylic acids is 2. The minimum Gasteiger partial charge on any atom is -0.343 e. The second-order valence-electron chi connectivity index (χ2n) is 6.70. The van der Waals surface area contributed by atoms with Crippen molar-refractivity contribution in [3.63, 3.8) is 0 Å². The van der Waals surface area contributed by atoms with Gasteiger partial charge in [0.15, 0.2) is 0 Å². The van der Waals surface area contributed by atoms with Crippen LogP contribution in [0, 0.1) is 5.82 Å². The highest BCUT2D eigenvalue weighted by Crippen LogP contribution is 2.22. The molecule has 2 amide bonds. The van der Waals surface area contributed by atoms with E-state index in [4.69, 9.17) is 0 Å². The fourth-order valence-corrected chi connectivity index (χ4v) is 4.59. The molecule has 7 nitrogen and oxygen atoms in total. The van der Waals surface area contributed by atoms with Gasteiger partial charge in [-0.05, 0) is 49.2 Å². The number of halogens is 1. The maximum absolute atomic E-state index is 13.6. The summed E-state index contributed by atoms with van der Waals surface area (Å²) in [6, 6.07) is 11.3. The van der Waals surface area contributed by atoms with Crippen LogP contribution in [0.3, 0.4) is 0 Å². The standard InChI is InChI=1S/C20H22FN3O4S/c21-18-7-3-2-6-17(18)20(26)22-14-19(25)23-15-8-10-16(11-9-15)29(27,28)24-12-4-1-5-13-24/h2-3,6-11H,1,4-5,12-14H2,(H,22,26)(H,23,25). The zero-order valence-corrected chi connectivity index (χ0v) is 16.5. The molecule has 2 N–H and O–H groups in total. The third-order valence-electron chi connectivity index (χ3n) is 4.62. The van der Waals surface area contributed by atoms with Gasteiger partial charge in [0.1, 0.15) is 5.82 Å². The van der Waals surface area contributed by atoms with Crippen LogP contribution in [0.5, 0.6) is 0 Å². The summed E-state index contributed by atoms with van der Waals surface area (Å²) in [6.45, 7) is 0.687. The van der Waals surface area contributed by atoms with Crippen molar-refractivity contribution in [2.45, 2.75) is 24.2 Å². The lowest BCUT2D eigenvalue weighted by Gasteiger charge is -2.25. The van der Waals surface area contributed by atoms with Crippen LogP contribution in [0.25, 0.3) is 0 Å². The summed E-state index contributed by atoms with van der Waals surface area (Å²) < 4.78 is 40.3. The molecule has 0 aromatic heterocycles. The average molecular weight is 419 g/mol. The monoisotopic (exact) mass is 419 g/mol. The van der Waals surface area contributed by atoms with E-state index in [1.165, 1.54) is 46.8 Å². The van der Waals surface area contributed by atoms with E-state index >= 15 is 0 Å². The molecule has 0 saturated carbocycles. The molecule has 0 atom stereocenters. The van der Waals surface area contributed by atoms with Gasteiger partial charge in [-0.1, -0.05) is 18.6 Å². The summed E-state index contributed by atoms with van der Waals surface area (Å²) in [5.41, 5.74) is 0.250. The molecule has 0 unspecified atom stereocenters. The molecule has 154 valence electrons.